The van der Waals surface area contributed by atoms with Gasteiger partial charge in [-0.25, -0.2) is 9.78 Å². The highest BCUT2D eigenvalue weighted by atomic mass is 32.1. The van der Waals surface area contributed by atoms with E-state index in [1.165, 1.54) is 17.4 Å². The molecule has 0 aliphatic carbocycles. The normalized spacial score (nSPS) is 11.1. The summed E-state index contributed by atoms with van der Waals surface area (Å²) in [4.78, 5) is 28.3. The standard InChI is InChI=1S/C21H18N2O4S/c1-11-6-13(3)20-17(7-11)28-21(23-20)22-18(24)10-26-14-4-5-15-12(2)8-19(25)27-16(15)9-14/h4-9H,10H2,1-3H3,(H,22,23,24). The smallest absolute Gasteiger partial charge is 0.336 e. The number of hydrogen-bond acceptors (Lipinski definition) is 6. The summed E-state index contributed by atoms with van der Waals surface area (Å²) in [6, 6.07) is 10.7. The van der Waals surface area contributed by atoms with Crippen LogP contribution in [-0.2, 0) is 4.79 Å². The van der Waals surface area contributed by atoms with Crippen molar-refractivity contribution < 1.29 is 13.9 Å². The van der Waals surface area contributed by atoms with E-state index in [-0.39, 0.29) is 12.5 Å². The number of benzene rings is 2. The summed E-state index contributed by atoms with van der Waals surface area (Å²) in [5.74, 6) is 0.145. The van der Waals surface area contributed by atoms with Crippen molar-refractivity contribution in [1.29, 1.82) is 0 Å². The van der Waals surface area contributed by atoms with E-state index in [0.717, 1.165) is 32.3 Å². The number of ether oxygens (including phenoxy) is 1. The van der Waals surface area contributed by atoms with Gasteiger partial charge in [-0.3, -0.25) is 10.1 Å². The molecule has 0 radical (unpaired) electrons. The number of nitrogens with one attached hydrogen (secondary N) is 1. The summed E-state index contributed by atoms with van der Waals surface area (Å²) >= 11 is 1.43. The Hall–Kier alpha value is -3.19. The van der Waals surface area contributed by atoms with E-state index in [2.05, 4.69) is 22.4 Å². The molecule has 2 aromatic carbocycles. The van der Waals surface area contributed by atoms with Gasteiger partial charge in [0.05, 0.1) is 10.2 Å². The topological polar surface area (TPSA) is 81.4 Å². The number of anilines is 1. The van der Waals surface area contributed by atoms with Crippen LogP contribution in [0.25, 0.3) is 21.2 Å². The van der Waals surface area contributed by atoms with Crippen LogP contribution in [0.5, 0.6) is 5.75 Å². The average molecular weight is 394 g/mol. The van der Waals surface area contributed by atoms with Crippen molar-refractivity contribution in [2.45, 2.75) is 20.8 Å². The molecule has 0 fully saturated rings. The SMILES string of the molecule is Cc1cc(C)c2nc(NC(=O)COc3ccc4c(C)cc(=O)oc4c3)sc2c1. The number of carbonyl (C=O) groups excluding carboxylic acids is 1. The molecular weight excluding hydrogens is 376 g/mol. The van der Waals surface area contributed by atoms with Crippen LogP contribution < -0.4 is 15.7 Å². The maximum absolute atomic E-state index is 12.2. The summed E-state index contributed by atoms with van der Waals surface area (Å²) in [6.07, 6.45) is 0. The van der Waals surface area contributed by atoms with Crippen molar-refractivity contribution in [3.8, 4) is 5.75 Å². The lowest BCUT2D eigenvalue weighted by atomic mass is 10.1. The fourth-order valence-corrected chi connectivity index (χ4v) is 4.18. The molecule has 0 atom stereocenters. The Morgan fingerprint density at radius 3 is 2.79 bits per heavy atom. The Kier molecular flexibility index (Phi) is 4.60. The summed E-state index contributed by atoms with van der Waals surface area (Å²) in [7, 11) is 0. The maximum Gasteiger partial charge on any atom is 0.336 e. The quantitative estimate of drug-likeness (QED) is 0.521. The van der Waals surface area contributed by atoms with E-state index >= 15 is 0 Å². The third-order valence-electron chi connectivity index (χ3n) is 4.37. The van der Waals surface area contributed by atoms with E-state index in [4.69, 9.17) is 9.15 Å². The first kappa shape index (κ1) is 18.2. The fourth-order valence-electron chi connectivity index (χ4n) is 3.12. The first-order valence-corrected chi connectivity index (χ1v) is 9.55. The number of hydrogen-bond donors (Lipinski definition) is 1. The molecule has 6 nitrogen and oxygen atoms in total. The number of aromatic nitrogens is 1. The van der Waals surface area contributed by atoms with Gasteiger partial charge in [0.2, 0.25) is 0 Å². The van der Waals surface area contributed by atoms with Gasteiger partial charge in [0, 0.05) is 17.5 Å². The lowest BCUT2D eigenvalue weighted by Gasteiger charge is -2.07. The van der Waals surface area contributed by atoms with Crippen molar-refractivity contribution >= 4 is 43.6 Å². The Balaban J connectivity index is 1.46. The Bertz CT molecular complexity index is 1270. The minimum absolute atomic E-state index is 0.171. The van der Waals surface area contributed by atoms with Gasteiger partial charge in [0.15, 0.2) is 11.7 Å². The number of carbonyl (C=O) groups is 1. The highest BCUT2D eigenvalue weighted by Crippen LogP contribution is 2.29. The van der Waals surface area contributed by atoms with Crippen LogP contribution in [0, 0.1) is 20.8 Å². The third-order valence-corrected chi connectivity index (χ3v) is 5.29. The molecular formula is C21H18N2O4S. The molecule has 0 saturated heterocycles. The Labute approximate surface area is 164 Å². The molecule has 7 heteroatoms. The van der Waals surface area contributed by atoms with Crippen molar-refractivity contribution in [3.63, 3.8) is 0 Å². The second-order valence-electron chi connectivity index (χ2n) is 6.69. The molecule has 1 amide bonds. The second-order valence-corrected chi connectivity index (χ2v) is 7.72. The molecule has 142 valence electrons. The first-order chi connectivity index (χ1) is 13.4. The molecule has 2 heterocycles. The number of rotatable bonds is 4. The Morgan fingerprint density at radius 2 is 1.96 bits per heavy atom. The minimum atomic E-state index is -0.416. The van der Waals surface area contributed by atoms with Gasteiger partial charge in [-0.2, -0.15) is 0 Å². The van der Waals surface area contributed by atoms with Crippen LogP contribution in [0.2, 0.25) is 0 Å². The molecule has 1 N–H and O–H groups in total. The average Bonchev–Trinajstić information content (AvgIpc) is 3.02. The third kappa shape index (κ3) is 3.61. The Morgan fingerprint density at radius 1 is 1.14 bits per heavy atom. The molecule has 0 bridgehead atoms. The van der Waals surface area contributed by atoms with Crippen LogP contribution in [0.3, 0.4) is 0 Å². The van der Waals surface area contributed by atoms with E-state index in [1.54, 1.807) is 18.2 Å². The minimum Gasteiger partial charge on any atom is -0.484 e. The number of fused-ring (bicyclic) bond motifs is 2. The monoisotopic (exact) mass is 394 g/mol. The lowest BCUT2D eigenvalue weighted by molar-refractivity contribution is -0.118. The predicted molar refractivity (Wildman–Crippen MR) is 110 cm³/mol. The first-order valence-electron chi connectivity index (χ1n) is 8.74. The van der Waals surface area contributed by atoms with Gasteiger partial charge in [-0.15, -0.1) is 0 Å². The predicted octanol–water partition coefficient (Wildman–Crippen LogP) is 4.35. The molecule has 2 aromatic heterocycles. The molecule has 4 rings (SSSR count). The van der Waals surface area contributed by atoms with E-state index in [1.807, 2.05) is 20.8 Å². The molecule has 0 saturated carbocycles. The molecule has 4 aromatic rings. The van der Waals surface area contributed by atoms with Crippen molar-refractivity contribution in [2.24, 2.45) is 0 Å². The number of nitrogens with zero attached hydrogens (tertiary/aromatic N) is 1. The van der Waals surface area contributed by atoms with Crippen LogP contribution in [0.15, 0.2) is 45.6 Å². The van der Waals surface area contributed by atoms with Gasteiger partial charge in [0.25, 0.3) is 5.91 Å². The molecule has 0 aliphatic heterocycles. The van der Waals surface area contributed by atoms with E-state index < -0.39 is 5.63 Å². The zero-order valence-electron chi connectivity index (χ0n) is 15.7. The van der Waals surface area contributed by atoms with E-state index in [9.17, 15) is 9.59 Å². The van der Waals surface area contributed by atoms with Crippen LogP contribution in [0.1, 0.15) is 16.7 Å². The van der Waals surface area contributed by atoms with Crippen LogP contribution >= 0.6 is 11.3 Å². The van der Waals surface area contributed by atoms with Gasteiger partial charge in [-0.05, 0) is 55.7 Å². The van der Waals surface area contributed by atoms with Gasteiger partial charge < -0.3 is 9.15 Å². The summed E-state index contributed by atoms with van der Waals surface area (Å²) < 4.78 is 11.8. The molecule has 0 aliphatic rings. The van der Waals surface area contributed by atoms with Crippen molar-refractivity contribution in [3.05, 3.63) is 63.5 Å². The van der Waals surface area contributed by atoms with E-state index in [0.29, 0.717) is 16.5 Å². The lowest BCUT2D eigenvalue weighted by Crippen LogP contribution is -2.20. The van der Waals surface area contributed by atoms with Crippen LogP contribution in [0.4, 0.5) is 5.13 Å². The second kappa shape index (κ2) is 7.09. The molecule has 0 spiro atoms. The zero-order chi connectivity index (χ0) is 19.8. The van der Waals surface area contributed by atoms with Crippen molar-refractivity contribution in [2.75, 3.05) is 11.9 Å². The number of aryl methyl sites for hydroxylation is 3. The summed E-state index contributed by atoms with van der Waals surface area (Å²) in [5, 5.41) is 4.14. The number of thiazole rings is 1. The largest absolute Gasteiger partial charge is 0.484 e. The van der Waals surface area contributed by atoms with Crippen LogP contribution in [-0.4, -0.2) is 17.5 Å². The summed E-state index contributed by atoms with van der Waals surface area (Å²) in [6.45, 7) is 5.71. The molecule has 28 heavy (non-hydrogen) atoms. The highest BCUT2D eigenvalue weighted by molar-refractivity contribution is 7.22. The van der Waals surface area contributed by atoms with Gasteiger partial charge in [0.1, 0.15) is 11.3 Å². The maximum atomic E-state index is 12.2. The number of amides is 1. The van der Waals surface area contributed by atoms with Crippen molar-refractivity contribution in [1.82, 2.24) is 4.98 Å². The highest BCUT2D eigenvalue weighted by Gasteiger charge is 2.11. The van der Waals surface area contributed by atoms with Gasteiger partial charge in [-0.1, -0.05) is 17.4 Å². The molecule has 0 unspecified atom stereocenters. The zero-order valence-corrected chi connectivity index (χ0v) is 16.5. The fraction of sp³-hybridized carbons (Fsp3) is 0.190. The van der Waals surface area contributed by atoms with Gasteiger partial charge >= 0.3 is 5.63 Å². The summed E-state index contributed by atoms with van der Waals surface area (Å²) in [5.41, 5.74) is 3.98.